The van der Waals surface area contributed by atoms with Gasteiger partial charge in [0.2, 0.25) is 0 Å². The minimum atomic E-state index is -1.54. The van der Waals surface area contributed by atoms with Crippen LogP contribution in [0.5, 0.6) is 0 Å². The summed E-state index contributed by atoms with van der Waals surface area (Å²) < 4.78 is 10.5. The van der Waals surface area contributed by atoms with Crippen molar-refractivity contribution in [3.05, 3.63) is 0 Å². The standard InChI is InChI=1S/C14H26O5/c1-7-18-12(17)14(10(2)3,11(15)16)8-9-19-13(4,5)6/h10H,7-9H2,1-6H3,(H,15,16). The number of carbonyl (C=O) groups is 2. The lowest BCUT2D eigenvalue weighted by Gasteiger charge is -2.32. The monoisotopic (exact) mass is 274 g/mol. The predicted octanol–water partition coefficient (Wildman–Crippen LogP) is 2.48. The Morgan fingerprint density at radius 3 is 2.05 bits per heavy atom. The number of aliphatic carboxylic acids is 1. The van der Waals surface area contributed by atoms with Gasteiger partial charge in [0.15, 0.2) is 5.41 Å². The van der Waals surface area contributed by atoms with Crippen molar-refractivity contribution in [3.63, 3.8) is 0 Å². The lowest BCUT2D eigenvalue weighted by molar-refractivity contribution is -0.175. The number of carboxylic acids is 1. The van der Waals surface area contributed by atoms with Crippen LogP contribution in [-0.2, 0) is 19.1 Å². The summed E-state index contributed by atoms with van der Waals surface area (Å²) in [5.41, 5.74) is -1.91. The Balaban J connectivity index is 5.04. The molecular weight excluding hydrogens is 248 g/mol. The summed E-state index contributed by atoms with van der Waals surface area (Å²) in [6.45, 7) is 11.1. The van der Waals surface area contributed by atoms with E-state index in [1.54, 1.807) is 20.8 Å². The number of rotatable bonds is 7. The molecule has 0 saturated heterocycles. The smallest absolute Gasteiger partial charge is 0.323 e. The first-order valence-corrected chi connectivity index (χ1v) is 6.62. The van der Waals surface area contributed by atoms with E-state index in [1.165, 1.54) is 0 Å². The Morgan fingerprint density at radius 1 is 1.21 bits per heavy atom. The third-order valence-electron chi connectivity index (χ3n) is 3.04. The number of hydrogen-bond acceptors (Lipinski definition) is 4. The normalized spacial score (nSPS) is 15.1. The van der Waals surface area contributed by atoms with E-state index in [2.05, 4.69) is 0 Å². The van der Waals surface area contributed by atoms with Gasteiger partial charge in [0, 0.05) is 6.61 Å². The van der Waals surface area contributed by atoms with Gasteiger partial charge < -0.3 is 14.6 Å². The summed E-state index contributed by atoms with van der Waals surface area (Å²) in [6.07, 6.45) is 0.107. The Bertz CT molecular complexity index is 316. The molecular formula is C14H26O5. The van der Waals surface area contributed by atoms with Crippen LogP contribution < -0.4 is 0 Å². The number of carbonyl (C=O) groups excluding carboxylic acids is 1. The molecule has 0 aromatic rings. The van der Waals surface area contributed by atoms with Crippen molar-refractivity contribution in [2.45, 2.75) is 53.6 Å². The molecule has 0 bridgehead atoms. The fraction of sp³-hybridized carbons (Fsp3) is 0.857. The molecule has 0 aliphatic rings. The molecule has 19 heavy (non-hydrogen) atoms. The maximum absolute atomic E-state index is 12.0. The minimum absolute atomic E-state index is 0.107. The molecule has 0 aromatic carbocycles. The Morgan fingerprint density at radius 2 is 1.74 bits per heavy atom. The van der Waals surface area contributed by atoms with Crippen molar-refractivity contribution in [3.8, 4) is 0 Å². The second-order valence-electron chi connectivity index (χ2n) is 5.86. The molecule has 1 N–H and O–H groups in total. The van der Waals surface area contributed by atoms with Gasteiger partial charge >= 0.3 is 11.9 Å². The molecule has 0 aliphatic carbocycles. The fourth-order valence-corrected chi connectivity index (χ4v) is 1.85. The summed E-state index contributed by atoms with van der Waals surface area (Å²) in [7, 11) is 0. The van der Waals surface area contributed by atoms with Crippen molar-refractivity contribution in [2.75, 3.05) is 13.2 Å². The van der Waals surface area contributed by atoms with Crippen LogP contribution >= 0.6 is 0 Å². The van der Waals surface area contributed by atoms with E-state index in [1.807, 2.05) is 20.8 Å². The van der Waals surface area contributed by atoms with Crippen LogP contribution in [0.15, 0.2) is 0 Å². The molecule has 0 aromatic heterocycles. The zero-order valence-electron chi connectivity index (χ0n) is 12.8. The molecule has 1 atom stereocenters. The van der Waals surface area contributed by atoms with E-state index in [0.29, 0.717) is 0 Å². The quantitative estimate of drug-likeness (QED) is 0.570. The Kier molecular flexibility index (Phi) is 6.49. The van der Waals surface area contributed by atoms with Crippen molar-refractivity contribution < 1.29 is 24.2 Å². The van der Waals surface area contributed by atoms with Crippen molar-refractivity contribution >= 4 is 11.9 Å². The summed E-state index contributed by atoms with van der Waals surface area (Å²) in [5, 5.41) is 9.46. The summed E-state index contributed by atoms with van der Waals surface area (Å²) >= 11 is 0. The molecule has 0 saturated carbocycles. The maximum Gasteiger partial charge on any atom is 0.323 e. The zero-order chi connectivity index (χ0) is 15.3. The first-order valence-electron chi connectivity index (χ1n) is 6.62. The van der Waals surface area contributed by atoms with Gasteiger partial charge in [-0.15, -0.1) is 0 Å². The molecule has 1 unspecified atom stereocenters. The average molecular weight is 274 g/mol. The van der Waals surface area contributed by atoms with E-state index >= 15 is 0 Å². The fourth-order valence-electron chi connectivity index (χ4n) is 1.85. The summed E-state index contributed by atoms with van der Waals surface area (Å²) in [6, 6.07) is 0. The highest BCUT2D eigenvalue weighted by Gasteiger charge is 2.50. The van der Waals surface area contributed by atoms with Gasteiger partial charge in [-0.1, -0.05) is 13.8 Å². The third-order valence-corrected chi connectivity index (χ3v) is 3.04. The molecule has 5 nitrogen and oxygen atoms in total. The SMILES string of the molecule is CCOC(=O)C(CCOC(C)(C)C)(C(=O)O)C(C)C. The molecule has 0 amide bonds. The van der Waals surface area contributed by atoms with Crippen LogP contribution in [0.25, 0.3) is 0 Å². The first kappa shape index (κ1) is 17.9. The first-order chi connectivity index (χ1) is 8.58. The van der Waals surface area contributed by atoms with Gasteiger partial charge in [-0.2, -0.15) is 0 Å². The molecule has 0 rings (SSSR count). The van der Waals surface area contributed by atoms with E-state index in [4.69, 9.17) is 9.47 Å². The maximum atomic E-state index is 12.0. The number of ether oxygens (including phenoxy) is 2. The number of hydrogen-bond donors (Lipinski definition) is 1. The van der Waals surface area contributed by atoms with Crippen LogP contribution in [0, 0.1) is 11.3 Å². The molecule has 5 heteroatoms. The molecule has 0 aliphatic heterocycles. The van der Waals surface area contributed by atoms with E-state index in [-0.39, 0.29) is 31.2 Å². The molecule has 112 valence electrons. The topological polar surface area (TPSA) is 72.8 Å². The largest absolute Gasteiger partial charge is 0.480 e. The van der Waals surface area contributed by atoms with Gasteiger partial charge in [0.05, 0.1) is 12.2 Å². The van der Waals surface area contributed by atoms with Crippen molar-refractivity contribution in [1.82, 2.24) is 0 Å². The number of carboxylic acid groups (broad SMARTS) is 1. The second-order valence-corrected chi connectivity index (χ2v) is 5.86. The van der Waals surface area contributed by atoms with E-state index in [9.17, 15) is 14.7 Å². The van der Waals surface area contributed by atoms with E-state index < -0.39 is 17.4 Å². The summed E-state index contributed by atoms with van der Waals surface area (Å²) in [5.74, 6) is -2.21. The Labute approximate surface area is 115 Å². The molecule has 0 radical (unpaired) electrons. The van der Waals surface area contributed by atoms with Crippen LogP contribution in [0.1, 0.15) is 48.0 Å². The van der Waals surface area contributed by atoms with Crippen LogP contribution in [0.4, 0.5) is 0 Å². The highest BCUT2D eigenvalue weighted by Crippen LogP contribution is 2.34. The predicted molar refractivity (Wildman–Crippen MR) is 71.9 cm³/mol. The van der Waals surface area contributed by atoms with Gasteiger partial charge in [-0.25, -0.2) is 0 Å². The van der Waals surface area contributed by atoms with Crippen LogP contribution in [-0.4, -0.2) is 35.9 Å². The average Bonchev–Trinajstić information content (AvgIpc) is 2.21. The van der Waals surface area contributed by atoms with Crippen LogP contribution in [0.3, 0.4) is 0 Å². The Hall–Kier alpha value is -1.10. The number of esters is 1. The van der Waals surface area contributed by atoms with Gasteiger partial charge in [0.1, 0.15) is 0 Å². The van der Waals surface area contributed by atoms with Crippen LogP contribution in [0.2, 0.25) is 0 Å². The third kappa shape index (κ3) is 4.82. The lowest BCUT2D eigenvalue weighted by Crippen LogP contribution is -2.46. The van der Waals surface area contributed by atoms with Gasteiger partial charge in [-0.05, 0) is 40.0 Å². The van der Waals surface area contributed by atoms with Crippen molar-refractivity contribution in [2.24, 2.45) is 11.3 Å². The van der Waals surface area contributed by atoms with E-state index in [0.717, 1.165) is 0 Å². The summed E-state index contributed by atoms with van der Waals surface area (Å²) in [4.78, 5) is 23.6. The molecule has 0 heterocycles. The minimum Gasteiger partial charge on any atom is -0.480 e. The van der Waals surface area contributed by atoms with Gasteiger partial charge in [-0.3, -0.25) is 9.59 Å². The second kappa shape index (κ2) is 6.89. The molecule has 0 fully saturated rings. The highest BCUT2D eigenvalue weighted by molar-refractivity contribution is 5.99. The van der Waals surface area contributed by atoms with Gasteiger partial charge in [0.25, 0.3) is 0 Å². The van der Waals surface area contributed by atoms with Crippen molar-refractivity contribution in [1.29, 1.82) is 0 Å². The lowest BCUT2D eigenvalue weighted by atomic mass is 9.74. The zero-order valence-corrected chi connectivity index (χ0v) is 12.8. The highest BCUT2D eigenvalue weighted by atomic mass is 16.5. The molecule has 0 spiro atoms.